The van der Waals surface area contributed by atoms with Crippen LogP contribution in [0, 0.1) is 6.92 Å². The van der Waals surface area contributed by atoms with Crippen LogP contribution >= 0.6 is 0 Å². The number of nitrogens with zero attached hydrogens (tertiary/aromatic N) is 2. The standard InChI is InChI=1S/C15H25N3O3/c1-11-9-13(5-6-14(11)15(16)17-19)18(7-8-20-3)12(2)10-21-4/h5-6,9,12,19H,7-8,10H2,1-4H3,(H2,16,17). The summed E-state index contributed by atoms with van der Waals surface area (Å²) in [5.74, 6) is 0.118. The Balaban J connectivity index is 3.04. The van der Waals surface area contributed by atoms with E-state index in [1.807, 2.05) is 25.1 Å². The van der Waals surface area contributed by atoms with Gasteiger partial charge < -0.3 is 25.3 Å². The van der Waals surface area contributed by atoms with Crippen molar-refractivity contribution in [3.8, 4) is 0 Å². The minimum Gasteiger partial charge on any atom is -0.409 e. The fraction of sp³-hybridized carbons (Fsp3) is 0.533. The highest BCUT2D eigenvalue weighted by molar-refractivity contribution is 5.98. The topological polar surface area (TPSA) is 80.3 Å². The lowest BCUT2D eigenvalue weighted by molar-refractivity contribution is 0.171. The van der Waals surface area contributed by atoms with Crippen LogP contribution in [0.1, 0.15) is 18.1 Å². The van der Waals surface area contributed by atoms with Gasteiger partial charge >= 0.3 is 0 Å². The molecule has 0 heterocycles. The SMILES string of the molecule is COCCN(c1ccc(/C(N)=N/O)c(C)c1)C(C)COC. The molecule has 0 amide bonds. The molecule has 1 aromatic rings. The van der Waals surface area contributed by atoms with Crippen molar-refractivity contribution in [3.63, 3.8) is 0 Å². The van der Waals surface area contributed by atoms with Crippen molar-refractivity contribution >= 4 is 11.5 Å². The first-order chi connectivity index (χ1) is 10.0. The van der Waals surface area contributed by atoms with Crippen LogP contribution in [0.15, 0.2) is 23.4 Å². The van der Waals surface area contributed by atoms with Crippen LogP contribution in [0.3, 0.4) is 0 Å². The molecule has 1 aromatic carbocycles. The molecule has 3 N–H and O–H groups in total. The van der Waals surface area contributed by atoms with Crippen LogP contribution in [-0.2, 0) is 9.47 Å². The van der Waals surface area contributed by atoms with Crippen molar-refractivity contribution in [1.29, 1.82) is 0 Å². The molecule has 6 heteroatoms. The molecule has 0 aliphatic rings. The van der Waals surface area contributed by atoms with Crippen molar-refractivity contribution in [2.24, 2.45) is 10.9 Å². The zero-order valence-electron chi connectivity index (χ0n) is 13.2. The number of hydrogen-bond donors (Lipinski definition) is 2. The predicted octanol–water partition coefficient (Wildman–Crippen LogP) is 1.58. The number of oxime groups is 1. The normalized spacial score (nSPS) is 13.2. The van der Waals surface area contributed by atoms with E-state index in [4.69, 9.17) is 20.4 Å². The molecule has 118 valence electrons. The summed E-state index contributed by atoms with van der Waals surface area (Å²) in [5, 5.41) is 11.8. The molecule has 0 aromatic heterocycles. The maximum absolute atomic E-state index is 8.78. The second kappa shape index (κ2) is 8.49. The number of aryl methyl sites for hydroxylation is 1. The Morgan fingerprint density at radius 3 is 2.62 bits per heavy atom. The van der Waals surface area contributed by atoms with E-state index in [9.17, 15) is 0 Å². The van der Waals surface area contributed by atoms with E-state index < -0.39 is 0 Å². The third-order valence-corrected chi connectivity index (χ3v) is 3.40. The smallest absolute Gasteiger partial charge is 0.170 e. The first-order valence-corrected chi connectivity index (χ1v) is 6.88. The average Bonchev–Trinajstić information content (AvgIpc) is 2.47. The zero-order valence-corrected chi connectivity index (χ0v) is 13.2. The molecule has 0 aliphatic heterocycles. The summed E-state index contributed by atoms with van der Waals surface area (Å²) in [4.78, 5) is 2.22. The molecule has 1 unspecified atom stereocenters. The van der Waals surface area contributed by atoms with Gasteiger partial charge in [0.05, 0.1) is 13.2 Å². The highest BCUT2D eigenvalue weighted by Gasteiger charge is 2.15. The number of anilines is 1. The Kier molecular flexibility index (Phi) is 6.98. The third kappa shape index (κ3) is 4.61. The van der Waals surface area contributed by atoms with E-state index in [-0.39, 0.29) is 11.9 Å². The first kappa shape index (κ1) is 17.3. The minimum atomic E-state index is 0.118. The lowest BCUT2D eigenvalue weighted by Gasteiger charge is -2.31. The molecule has 0 saturated heterocycles. The second-order valence-corrected chi connectivity index (χ2v) is 4.98. The number of amidine groups is 1. The van der Waals surface area contributed by atoms with Crippen molar-refractivity contribution in [1.82, 2.24) is 0 Å². The third-order valence-electron chi connectivity index (χ3n) is 3.40. The molecule has 0 fully saturated rings. The van der Waals surface area contributed by atoms with Crippen LogP contribution in [0.2, 0.25) is 0 Å². The van der Waals surface area contributed by atoms with Gasteiger partial charge in [0, 0.05) is 38.1 Å². The van der Waals surface area contributed by atoms with E-state index in [0.717, 1.165) is 23.4 Å². The maximum atomic E-state index is 8.78. The molecule has 0 aliphatic carbocycles. The van der Waals surface area contributed by atoms with Gasteiger partial charge in [0.25, 0.3) is 0 Å². The van der Waals surface area contributed by atoms with Crippen LogP contribution in [-0.4, -0.2) is 51.1 Å². The second-order valence-electron chi connectivity index (χ2n) is 4.98. The Morgan fingerprint density at radius 1 is 1.38 bits per heavy atom. The number of hydrogen-bond acceptors (Lipinski definition) is 5. The van der Waals surface area contributed by atoms with Crippen molar-refractivity contribution in [2.45, 2.75) is 19.9 Å². The molecular formula is C15H25N3O3. The Morgan fingerprint density at radius 2 is 2.10 bits per heavy atom. The molecule has 0 saturated carbocycles. The maximum Gasteiger partial charge on any atom is 0.170 e. The van der Waals surface area contributed by atoms with Gasteiger partial charge in [-0.1, -0.05) is 5.16 Å². The number of nitrogens with two attached hydrogens (primary N) is 1. The van der Waals surface area contributed by atoms with E-state index in [1.165, 1.54) is 0 Å². The largest absolute Gasteiger partial charge is 0.409 e. The summed E-state index contributed by atoms with van der Waals surface area (Å²) in [6.07, 6.45) is 0. The summed E-state index contributed by atoms with van der Waals surface area (Å²) in [6.45, 7) is 6.07. The Bertz CT molecular complexity index is 477. The van der Waals surface area contributed by atoms with Gasteiger partial charge in [0.15, 0.2) is 5.84 Å². The molecule has 0 radical (unpaired) electrons. The molecule has 0 bridgehead atoms. The van der Waals surface area contributed by atoms with Gasteiger partial charge in [0.1, 0.15) is 0 Å². The Hall–Kier alpha value is -1.79. The van der Waals surface area contributed by atoms with E-state index in [0.29, 0.717) is 13.2 Å². The molecule has 21 heavy (non-hydrogen) atoms. The van der Waals surface area contributed by atoms with E-state index in [1.54, 1.807) is 14.2 Å². The summed E-state index contributed by atoms with van der Waals surface area (Å²) in [6, 6.07) is 6.07. The Labute approximate surface area is 126 Å². The van der Waals surface area contributed by atoms with E-state index in [2.05, 4.69) is 17.0 Å². The number of rotatable bonds is 8. The fourth-order valence-corrected chi connectivity index (χ4v) is 2.29. The fourth-order valence-electron chi connectivity index (χ4n) is 2.29. The summed E-state index contributed by atoms with van der Waals surface area (Å²) in [7, 11) is 3.38. The van der Waals surface area contributed by atoms with Gasteiger partial charge in [-0.05, 0) is 37.6 Å². The molecule has 1 rings (SSSR count). The van der Waals surface area contributed by atoms with Crippen molar-refractivity contribution < 1.29 is 14.7 Å². The quantitative estimate of drug-likeness (QED) is 0.329. The summed E-state index contributed by atoms with van der Waals surface area (Å²) < 4.78 is 10.4. The van der Waals surface area contributed by atoms with Crippen molar-refractivity contribution in [3.05, 3.63) is 29.3 Å². The van der Waals surface area contributed by atoms with Gasteiger partial charge in [-0.3, -0.25) is 0 Å². The monoisotopic (exact) mass is 295 g/mol. The van der Waals surface area contributed by atoms with Crippen LogP contribution in [0.5, 0.6) is 0 Å². The number of methoxy groups -OCH3 is 2. The lowest BCUT2D eigenvalue weighted by Crippen LogP contribution is -2.38. The molecular weight excluding hydrogens is 270 g/mol. The van der Waals surface area contributed by atoms with Gasteiger partial charge in [-0.2, -0.15) is 0 Å². The average molecular weight is 295 g/mol. The van der Waals surface area contributed by atoms with Gasteiger partial charge in [-0.25, -0.2) is 0 Å². The lowest BCUT2D eigenvalue weighted by atomic mass is 10.1. The predicted molar refractivity (Wildman–Crippen MR) is 84.2 cm³/mol. The van der Waals surface area contributed by atoms with Crippen LogP contribution in [0.4, 0.5) is 5.69 Å². The summed E-state index contributed by atoms with van der Waals surface area (Å²) in [5.41, 5.74) is 8.40. The molecule has 1 atom stereocenters. The highest BCUT2D eigenvalue weighted by Crippen LogP contribution is 2.21. The molecule has 0 spiro atoms. The highest BCUT2D eigenvalue weighted by atomic mass is 16.5. The van der Waals surface area contributed by atoms with Gasteiger partial charge in [-0.15, -0.1) is 0 Å². The first-order valence-electron chi connectivity index (χ1n) is 6.88. The number of benzene rings is 1. The van der Waals surface area contributed by atoms with Crippen molar-refractivity contribution in [2.75, 3.05) is 38.9 Å². The zero-order chi connectivity index (χ0) is 15.8. The van der Waals surface area contributed by atoms with Crippen LogP contribution < -0.4 is 10.6 Å². The van der Waals surface area contributed by atoms with Gasteiger partial charge in [0.2, 0.25) is 0 Å². The minimum absolute atomic E-state index is 0.118. The molecule has 6 nitrogen and oxygen atoms in total. The van der Waals surface area contributed by atoms with E-state index >= 15 is 0 Å². The summed E-state index contributed by atoms with van der Waals surface area (Å²) >= 11 is 0. The van der Waals surface area contributed by atoms with Crippen LogP contribution in [0.25, 0.3) is 0 Å². The number of ether oxygens (including phenoxy) is 2.